The first-order valence-electron chi connectivity index (χ1n) is 9.45. The first-order chi connectivity index (χ1) is 10.6. The minimum atomic E-state index is -0.767. The average molecular weight is 315 g/mol. The van der Waals surface area contributed by atoms with E-state index in [1.165, 1.54) is 44.9 Å². The molecule has 2 atom stereocenters. The van der Waals surface area contributed by atoms with Gasteiger partial charge in [0.25, 0.3) is 0 Å². The van der Waals surface area contributed by atoms with Gasteiger partial charge in [-0.1, -0.05) is 84.5 Å². The Kier molecular flexibility index (Phi) is 14.8. The van der Waals surface area contributed by atoms with Crippen molar-refractivity contribution >= 4 is 0 Å². The van der Waals surface area contributed by atoms with E-state index in [1.54, 1.807) is 0 Å². The van der Waals surface area contributed by atoms with Gasteiger partial charge in [-0.25, -0.2) is 0 Å². The van der Waals surface area contributed by atoms with E-state index < -0.39 is 12.1 Å². The quantitative estimate of drug-likeness (QED) is 0.232. The SMILES string of the molecule is CCCCCCCCCCC[C@H](O)[C@H](CCCCC)[N+](=O)[O-]. The Morgan fingerprint density at radius 2 is 1.18 bits per heavy atom. The molecule has 0 aliphatic carbocycles. The highest BCUT2D eigenvalue weighted by Crippen LogP contribution is 2.16. The Labute approximate surface area is 136 Å². The van der Waals surface area contributed by atoms with Crippen LogP contribution in [-0.2, 0) is 0 Å². The molecule has 0 heterocycles. The van der Waals surface area contributed by atoms with E-state index in [-0.39, 0.29) is 4.92 Å². The van der Waals surface area contributed by atoms with Crippen LogP contribution in [0.4, 0.5) is 0 Å². The molecule has 0 aromatic heterocycles. The van der Waals surface area contributed by atoms with Crippen LogP contribution >= 0.6 is 0 Å². The summed E-state index contributed by atoms with van der Waals surface area (Å²) in [6.07, 6.45) is 14.3. The molecule has 0 unspecified atom stereocenters. The number of hydrogen-bond donors (Lipinski definition) is 1. The molecule has 0 aromatic carbocycles. The summed E-state index contributed by atoms with van der Waals surface area (Å²) < 4.78 is 0. The van der Waals surface area contributed by atoms with E-state index in [0.717, 1.165) is 32.1 Å². The summed E-state index contributed by atoms with van der Waals surface area (Å²) in [5.41, 5.74) is 0. The summed E-state index contributed by atoms with van der Waals surface area (Å²) in [6.45, 7) is 4.31. The Hall–Kier alpha value is -0.640. The molecule has 0 bridgehead atoms. The molecule has 0 radical (unpaired) electrons. The summed E-state index contributed by atoms with van der Waals surface area (Å²) in [6, 6.07) is -0.763. The molecule has 0 rings (SSSR count). The van der Waals surface area contributed by atoms with Crippen LogP contribution < -0.4 is 0 Å². The van der Waals surface area contributed by atoms with Crippen LogP contribution in [0.15, 0.2) is 0 Å². The Morgan fingerprint density at radius 1 is 0.773 bits per heavy atom. The minimum Gasteiger partial charge on any atom is -0.386 e. The zero-order valence-electron chi connectivity index (χ0n) is 14.8. The molecule has 4 nitrogen and oxygen atoms in total. The third kappa shape index (κ3) is 12.0. The second-order valence-electron chi connectivity index (χ2n) is 6.53. The predicted molar refractivity (Wildman–Crippen MR) is 92.8 cm³/mol. The molecule has 0 aromatic rings. The zero-order valence-corrected chi connectivity index (χ0v) is 14.8. The fourth-order valence-corrected chi connectivity index (χ4v) is 2.90. The van der Waals surface area contributed by atoms with Crippen molar-refractivity contribution in [3.63, 3.8) is 0 Å². The second kappa shape index (κ2) is 15.3. The van der Waals surface area contributed by atoms with Gasteiger partial charge in [0, 0.05) is 11.3 Å². The molecule has 1 N–H and O–H groups in total. The smallest absolute Gasteiger partial charge is 0.238 e. The van der Waals surface area contributed by atoms with Crippen molar-refractivity contribution in [2.45, 2.75) is 116 Å². The lowest BCUT2D eigenvalue weighted by molar-refractivity contribution is -0.535. The topological polar surface area (TPSA) is 63.4 Å². The van der Waals surface area contributed by atoms with E-state index in [9.17, 15) is 15.2 Å². The maximum absolute atomic E-state index is 11.0. The molecule has 0 saturated carbocycles. The van der Waals surface area contributed by atoms with Gasteiger partial charge in [0.05, 0.1) is 0 Å². The normalized spacial score (nSPS) is 14.0. The van der Waals surface area contributed by atoms with Gasteiger partial charge in [0.15, 0.2) is 0 Å². The fourth-order valence-electron chi connectivity index (χ4n) is 2.90. The van der Waals surface area contributed by atoms with Gasteiger partial charge in [-0.2, -0.15) is 0 Å². The van der Waals surface area contributed by atoms with Gasteiger partial charge in [0.2, 0.25) is 6.04 Å². The van der Waals surface area contributed by atoms with Gasteiger partial charge < -0.3 is 5.11 Å². The van der Waals surface area contributed by atoms with Crippen molar-refractivity contribution in [2.75, 3.05) is 0 Å². The molecular weight excluding hydrogens is 278 g/mol. The summed E-state index contributed by atoms with van der Waals surface area (Å²) in [5, 5.41) is 21.1. The van der Waals surface area contributed by atoms with Crippen molar-refractivity contribution in [2.24, 2.45) is 0 Å². The molecule has 0 amide bonds. The molecular formula is C18H37NO3. The highest BCUT2D eigenvalue weighted by atomic mass is 16.6. The first-order valence-corrected chi connectivity index (χ1v) is 9.45. The largest absolute Gasteiger partial charge is 0.386 e. The van der Waals surface area contributed by atoms with E-state index in [2.05, 4.69) is 13.8 Å². The van der Waals surface area contributed by atoms with Crippen LogP contribution in [0.2, 0.25) is 0 Å². The molecule has 4 heteroatoms. The predicted octanol–water partition coefficient (Wildman–Crippen LogP) is 5.49. The van der Waals surface area contributed by atoms with Gasteiger partial charge >= 0.3 is 0 Å². The number of rotatable bonds is 16. The van der Waals surface area contributed by atoms with Crippen molar-refractivity contribution in [3.05, 3.63) is 10.1 Å². The van der Waals surface area contributed by atoms with Crippen LogP contribution in [0.3, 0.4) is 0 Å². The number of hydrogen-bond acceptors (Lipinski definition) is 3. The first kappa shape index (κ1) is 21.4. The van der Waals surface area contributed by atoms with Crippen molar-refractivity contribution < 1.29 is 10.0 Å². The third-order valence-corrected chi connectivity index (χ3v) is 4.42. The van der Waals surface area contributed by atoms with Crippen molar-refractivity contribution in [1.82, 2.24) is 0 Å². The van der Waals surface area contributed by atoms with Crippen LogP contribution in [0.1, 0.15) is 104 Å². The zero-order chi connectivity index (χ0) is 16.6. The summed E-state index contributed by atoms with van der Waals surface area (Å²) >= 11 is 0. The molecule has 132 valence electrons. The van der Waals surface area contributed by atoms with Crippen LogP contribution in [0, 0.1) is 10.1 Å². The van der Waals surface area contributed by atoms with E-state index in [4.69, 9.17) is 0 Å². The van der Waals surface area contributed by atoms with Crippen LogP contribution in [-0.4, -0.2) is 22.2 Å². The third-order valence-electron chi connectivity index (χ3n) is 4.42. The van der Waals surface area contributed by atoms with E-state index in [0.29, 0.717) is 12.8 Å². The number of nitro groups is 1. The maximum atomic E-state index is 11.0. The minimum absolute atomic E-state index is 0.284. The molecule has 22 heavy (non-hydrogen) atoms. The number of aliphatic hydroxyl groups is 1. The van der Waals surface area contributed by atoms with Crippen LogP contribution in [0.25, 0.3) is 0 Å². The lowest BCUT2D eigenvalue weighted by atomic mass is 9.98. The second-order valence-corrected chi connectivity index (χ2v) is 6.53. The molecule has 0 fully saturated rings. The maximum Gasteiger partial charge on any atom is 0.238 e. The fraction of sp³-hybridized carbons (Fsp3) is 1.00. The molecule has 0 aliphatic heterocycles. The highest BCUT2D eigenvalue weighted by molar-refractivity contribution is 4.68. The Morgan fingerprint density at radius 3 is 1.68 bits per heavy atom. The number of aliphatic hydroxyl groups excluding tert-OH is 1. The summed E-state index contributed by atoms with van der Waals surface area (Å²) in [7, 11) is 0. The van der Waals surface area contributed by atoms with Crippen LogP contribution in [0.5, 0.6) is 0 Å². The standard InChI is InChI=1S/C18H37NO3/c1-3-5-7-8-9-10-11-12-14-16-18(20)17(19(21)22)15-13-6-4-2/h17-18,20H,3-16H2,1-2H3/t17-,18-/m0/s1. The van der Waals surface area contributed by atoms with Gasteiger partial charge in [0.1, 0.15) is 6.10 Å². The lowest BCUT2D eigenvalue weighted by Crippen LogP contribution is -2.33. The van der Waals surface area contributed by atoms with Gasteiger partial charge in [-0.15, -0.1) is 0 Å². The summed E-state index contributed by atoms with van der Waals surface area (Å²) in [4.78, 5) is 10.8. The van der Waals surface area contributed by atoms with Gasteiger partial charge in [-0.3, -0.25) is 10.1 Å². The van der Waals surface area contributed by atoms with Crippen molar-refractivity contribution in [1.29, 1.82) is 0 Å². The monoisotopic (exact) mass is 315 g/mol. The molecule has 0 aliphatic rings. The Bertz CT molecular complexity index is 259. The van der Waals surface area contributed by atoms with Crippen molar-refractivity contribution in [3.8, 4) is 0 Å². The number of nitrogens with zero attached hydrogens (tertiary/aromatic N) is 1. The Balaban J connectivity index is 3.63. The highest BCUT2D eigenvalue weighted by Gasteiger charge is 2.28. The van der Waals surface area contributed by atoms with E-state index in [1.807, 2.05) is 0 Å². The van der Waals surface area contributed by atoms with Gasteiger partial charge in [-0.05, 0) is 12.8 Å². The molecule has 0 spiro atoms. The lowest BCUT2D eigenvalue weighted by Gasteiger charge is -2.15. The molecule has 0 saturated heterocycles. The number of unbranched alkanes of at least 4 members (excludes halogenated alkanes) is 10. The summed E-state index contributed by atoms with van der Waals surface area (Å²) in [5.74, 6) is 0. The van der Waals surface area contributed by atoms with E-state index >= 15 is 0 Å². The average Bonchev–Trinajstić information content (AvgIpc) is 2.49.